The predicted octanol–water partition coefficient (Wildman–Crippen LogP) is 0.334. The monoisotopic (exact) mass is 770 g/mol. The predicted molar refractivity (Wildman–Crippen MR) is 189 cm³/mol. The summed E-state index contributed by atoms with van der Waals surface area (Å²) in [5, 5.41) is 96.7. The Hall–Kier alpha value is -0.560. The Balaban J connectivity index is 1.13. The van der Waals surface area contributed by atoms with Gasteiger partial charge in [0.2, 0.25) is 0 Å². The third-order valence-electron chi connectivity index (χ3n) is 16.8. The molecule has 8 aliphatic rings. The van der Waals surface area contributed by atoms with Gasteiger partial charge < -0.3 is 69.6 Å². The van der Waals surface area contributed by atoms with E-state index in [1.807, 2.05) is 0 Å². The highest BCUT2D eigenvalue weighted by molar-refractivity contribution is 5.31. The largest absolute Gasteiger partial charge is 0.394 e. The molecule has 5 aliphatic carbocycles. The number of fused-ring (bicyclic) bond motifs is 2. The molecular formula is C40H66O14. The minimum absolute atomic E-state index is 0.0256. The summed E-state index contributed by atoms with van der Waals surface area (Å²) in [6.07, 6.45) is -7.21. The SMILES string of the molecule is CC(C)(O)C1CCC(C)(C2C(O)CC3C4CC(OC5OC(CO)C(O)C(O)C5O)C5C(C)(C)C(OC6OCC(O)C(O)C6O)CCC56CC46CCC32C)O1. The molecular weight excluding hydrogens is 704 g/mol. The summed E-state index contributed by atoms with van der Waals surface area (Å²) in [4.78, 5) is 0. The molecule has 2 spiro atoms. The van der Waals surface area contributed by atoms with E-state index < -0.39 is 96.8 Å². The first-order chi connectivity index (χ1) is 25.1. The van der Waals surface area contributed by atoms with Gasteiger partial charge in [-0.15, -0.1) is 0 Å². The van der Waals surface area contributed by atoms with Gasteiger partial charge in [-0.1, -0.05) is 20.8 Å². The van der Waals surface area contributed by atoms with Crippen LogP contribution in [0.15, 0.2) is 0 Å². The Morgan fingerprint density at radius 2 is 1.41 bits per heavy atom. The van der Waals surface area contributed by atoms with E-state index in [4.69, 9.17) is 23.7 Å². The van der Waals surface area contributed by atoms with Gasteiger partial charge in [-0.3, -0.25) is 0 Å². The van der Waals surface area contributed by atoms with Crippen LogP contribution in [0.2, 0.25) is 0 Å². The number of hydrogen-bond acceptors (Lipinski definition) is 14. The topological polar surface area (TPSA) is 228 Å². The van der Waals surface area contributed by atoms with Crippen LogP contribution in [-0.2, 0) is 23.7 Å². The molecule has 3 aliphatic heterocycles. The zero-order chi connectivity index (χ0) is 39.1. The molecule has 14 nitrogen and oxygen atoms in total. The van der Waals surface area contributed by atoms with Crippen molar-refractivity contribution in [1.29, 1.82) is 0 Å². The minimum atomic E-state index is -1.59. The van der Waals surface area contributed by atoms with Crippen LogP contribution in [0.3, 0.4) is 0 Å². The van der Waals surface area contributed by atoms with Crippen LogP contribution in [0, 0.1) is 45.3 Å². The summed E-state index contributed by atoms with van der Waals surface area (Å²) in [6.45, 7) is 11.5. The molecule has 0 aromatic carbocycles. The van der Waals surface area contributed by atoms with E-state index in [9.17, 15) is 46.0 Å². The molecule has 21 atom stereocenters. The zero-order valence-corrected chi connectivity index (χ0v) is 32.7. The van der Waals surface area contributed by atoms with Crippen LogP contribution >= 0.6 is 0 Å². The van der Waals surface area contributed by atoms with Gasteiger partial charge in [-0.2, -0.15) is 0 Å². The Morgan fingerprint density at radius 3 is 2.07 bits per heavy atom. The lowest BCUT2D eigenvalue weighted by atomic mass is 9.45. The fourth-order valence-corrected chi connectivity index (χ4v) is 14.4. The fraction of sp³-hybridized carbons (Fsp3) is 1.00. The highest BCUT2D eigenvalue weighted by Crippen LogP contribution is 2.87. The quantitative estimate of drug-likeness (QED) is 0.159. The first-order valence-corrected chi connectivity index (χ1v) is 20.5. The van der Waals surface area contributed by atoms with E-state index in [0.717, 1.165) is 38.5 Å². The van der Waals surface area contributed by atoms with Gasteiger partial charge in [0.1, 0.15) is 42.7 Å². The van der Waals surface area contributed by atoms with Gasteiger partial charge in [-0.05, 0) is 118 Å². The first kappa shape index (κ1) is 40.2. The second-order valence-electron chi connectivity index (χ2n) is 20.4. The smallest absolute Gasteiger partial charge is 0.186 e. The van der Waals surface area contributed by atoms with Crippen LogP contribution in [-0.4, -0.2) is 150 Å². The van der Waals surface area contributed by atoms with Crippen molar-refractivity contribution in [2.75, 3.05) is 13.2 Å². The molecule has 3 saturated heterocycles. The van der Waals surface area contributed by atoms with Crippen LogP contribution in [0.4, 0.5) is 0 Å². The normalized spacial score (nSPS) is 58.2. The highest BCUT2D eigenvalue weighted by Gasteiger charge is 2.83. The van der Waals surface area contributed by atoms with E-state index in [-0.39, 0.29) is 52.6 Å². The maximum Gasteiger partial charge on any atom is 0.186 e. The summed E-state index contributed by atoms with van der Waals surface area (Å²) in [5.74, 6) is 0.0297. The van der Waals surface area contributed by atoms with Gasteiger partial charge in [-0.25, -0.2) is 0 Å². The van der Waals surface area contributed by atoms with Gasteiger partial charge in [0.15, 0.2) is 12.6 Å². The lowest BCUT2D eigenvalue weighted by Gasteiger charge is -2.62. The van der Waals surface area contributed by atoms with Gasteiger partial charge in [0, 0.05) is 5.92 Å². The third-order valence-corrected chi connectivity index (χ3v) is 16.8. The third kappa shape index (κ3) is 5.71. The van der Waals surface area contributed by atoms with Crippen molar-refractivity contribution in [3.05, 3.63) is 0 Å². The standard InChI is InChI=1S/C40H66O14/c1-35(2)24(53-33-29(47)26(44)21(43)16-50-33)8-10-40-17-39(40)12-11-37(5)18(13-20(42)31(37)38(6)9-7-25(54-38)36(3,4)49)19(39)14-22(32(35)40)51-34-30(48)28(46)27(45)23(15-41)52-34/h18-34,41-49H,7-17H2,1-6H3. The molecule has 3 heterocycles. The molecule has 5 saturated carbocycles. The van der Waals surface area contributed by atoms with Crippen molar-refractivity contribution < 1.29 is 69.6 Å². The average Bonchev–Trinajstić information content (AvgIpc) is 3.41. The summed E-state index contributed by atoms with van der Waals surface area (Å²) in [5.41, 5.74) is -2.64. The average molecular weight is 771 g/mol. The summed E-state index contributed by atoms with van der Waals surface area (Å²) in [6, 6.07) is 0. The van der Waals surface area contributed by atoms with E-state index >= 15 is 0 Å². The number of ether oxygens (including phenoxy) is 5. The minimum Gasteiger partial charge on any atom is -0.394 e. The molecule has 8 rings (SSSR count). The molecule has 8 fully saturated rings. The summed E-state index contributed by atoms with van der Waals surface area (Å²) < 4.78 is 31.7. The molecule has 0 radical (unpaired) electrons. The molecule has 0 aromatic heterocycles. The van der Waals surface area contributed by atoms with Crippen LogP contribution < -0.4 is 0 Å². The van der Waals surface area contributed by atoms with Crippen molar-refractivity contribution in [3.63, 3.8) is 0 Å². The molecule has 21 unspecified atom stereocenters. The maximum atomic E-state index is 12.0. The first-order valence-electron chi connectivity index (χ1n) is 20.5. The van der Waals surface area contributed by atoms with E-state index in [1.54, 1.807) is 13.8 Å². The molecule has 0 amide bonds. The zero-order valence-electron chi connectivity index (χ0n) is 32.7. The van der Waals surface area contributed by atoms with E-state index in [1.165, 1.54) is 0 Å². The Labute approximate surface area is 318 Å². The van der Waals surface area contributed by atoms with E-state index in [0.29, 0.717) is 19.3 Å². The number of rotatable bonds is 7. The van der Waals surface area contributed by atoms with Gasteiger partial charge in [0.05, 0.1) is 48.8 Å². The maximum absolute atomic E-state index is 12.0. The van der Waals surface area contributed by atoms with Gasteiger partial charge >= 0.3 is 0 Å². The Morgan fingerprint density at radius 1 is 0.704 bits per heavy atom. The summed E-state index contributed by atoms with van der Waals surface area (Å²) >= 11 is 0. The second kappa shape index (κ2) is 13.2. The second-order valence-corrected chi connectivity index (χ2v) is 20.4. The van der Waals surface area contributed by atoms with Gasteiger partial charge in [0.25, 0.3) is 0 Å². The highest BCUT2D eigenvalue weighted by atomic mass is 16.7. The molecule has 310 valence electrons. The molecule has 0 aromatic rings. The van der Waals surface area contributed by atoms with Crippen molar-refractivity contribution in [1.82, 2.24) is 0 Å². The lowest BCUT2D eigenvalue weighted by molar-refractivity contribution is -0.337. The number of aliphatic hydroxyl groups is 9. The fourth-order valence-electron chi connectivity index (χ4n) is 14.4. The van der Waals surface area contributed by atoms with Crippen LogP contribution in [0.5, 0.6) is 0 Å². The summed E-state index contributed by atoms with van der Waals surface area (Å²) in [7, 11) is 0. The van der Waals surface area contributed by atoms with Crippen molar-refractivity contribution in [2.24, 2.45) is 45.3 Å². The molecule has 54 heavy (non-hydrogen) atoms. The molecule has 14 heteroatoms. The Bertz CT molecular complexity index is 1410. The number of aliphatic hydroxyl groups excluding tert-OH is 8. The van der Waals surface area contributed by atoms with Crippen molar-refractivity contribution in [2.45, 2.75) is 190 Å². The lowest BCUT2D eigenvalue weighted by Crippen LogP contribution is -2.64. The Kier molecular flexibility index (Phi) is 9.85. The van der Waals surface area contributed by atoms with Crippen LogP contribution in [0.25, 0.3) is 0 Å². The number of hydrogen-bond donors (Lipinski definition) is 9. The molecule has 0 bridgehead atoms. The van der Waals surface area contributed by atoms with Crippen LogP contribution in [0.1, 0.15) is 99.3 Å². The van der Waals surface area contributed by atoms with E-state index in [2.05, 4.69) is 27.7 Å². The van der Waals surface area contributed by atoms with Crippen molar-refractivity contribution >= 4 is 0 Å². The van der Waals surface area contributed by atoms with Crippen molar-refractivity contribution in [3.8, 4) is 0 Å². The molecule has 9 N–H and O–H groups in total.